The lowest BCUT2D eigenvalue weighted by molar-refractivity contribution is 0.174. The van der Waals surface area contributed by atoms with Gasteiger partial charge in [0.05, 0.1) is 5.92 Å². The van der Waals surface area contributed by atoms with Crippen molar-refractivity contribution in [3.63, 3.8) is 0 Å². The first-order valence-electron chi connectivity index (χ1n) is 9.60. The predicted octanol–water partition coefficient (Wildman–Crippen LogP) is 3.31. The van der Waals surface area contributed by atoms with Gasteiger partial charge in [0, 0.05) is 18.7 Å². The van der Waals surface area contributed by atoms with E-state index in [2.05, 4.69) is 10.2 Å². The second-order valence-electron chi connectivity index (χ2n) is 7.29. The quantitative estimate of drug-likeness (QED) is 0.603. The predicted molar refractivity (Wildman–Crippen MR) is 103 cm³/mol. The molecule has 8 nitrogen and oxygen atoms in total. The fourth-order valence-corrected chi connectivity index (χ4v) is 5.32. The molecular weight excluding hydrogens is 432 g/mol. The second-order valence-corrected chi connectivity index (χ2v) is 9.20. The highest BCUT2D eigenvalue weighted by molar-refractivity contribution is 7.89. The molecule has 0 bridgehead atoms. The third kappa shape index (κ3) is 3.63. The number of ether oxygens (including phenoxy) is 2. The number of halogens is 2. The van der Waals surface area contributed by atoms with E-state index in [0.29, 0.717) is 36.0 Å². The van der Waals surface area contributed by atoms with Gasteiger partial charge >= 0.3 is 0 Å². The molecule has 0 spiro atoms. The van der Waals surface area contributed by atoms with E-state index in [1.807, 2.05) is 0 Å². The summed E-state index contributed by atoms with van der Waals surface area (Å²) in [5.41, 5.74) is 0.644. The molecule has 0 radical (unpaired) electrons. The first-order valence-corrected chi connectivity index (χ1v) is 11.0. The van der Waals surface area contributed by atoms with Crippen molar-refractivity contribution < 1.29 is 31.1 Å². The fraction of sp³-hybridized carbons (Fsp3) is 0.300. The van der Waals surface area contributed by atoms with E-state index < -0.39 is 26.6 Å². The van der Waals surface area contributed by atoms with Crippen LogP contribution >= 0.6 is 0 Å². The summed E-state index contributed by atoms with van der Waals surface area (Å²) in [5, 5.41) is 8.15. The molecule has 11 heteroatoms. The molecule has 1 aromatic heterocycles. The van der Waals surface area contributed by atoms with Gasteiger partial charge in [0.1, 0.15) is 16.5 Å². The number of hydrogen-bond donors (Lipinski definition) is 0. The first kappa shape index (κ1) is 19.9. The third-order valence-electron chi connectivity index (χ3n) is 5.30. The van der Waals surface area contributed by atoms with Crippen molar-refractivity contribution in [2.24, 2.45) is 0 Å². The molecule has 1 atom stereocenters. The highest BCUT2D eigenvalue weighted by Gasteiger charge is 2.35. The Hall–Kier alpha value is -3.05. The topological polar surface area (TPSA) is 94.8 Å². The van der Waals surface area contributed by atoms with Gasteiger partial charge in [-0.2, -0.15) is 4.31 Å². The minimum Gasteiger partial charge on any atom is -0.454 e. The summed E-state index contributed by atoms with van der Waals surface area (Å²) in [6, 6.07) is 7.60. The van der Waals surface area contributed by atoms with Crippen LogP contribution in [0.3, 0.4) is 0 Å². The van der Waals surface area contributed by atoms with Gasteiger partial charge in [-0.3, -0.25) is 0 Å². The summed E-state index contributed by atoms with van der Waals surface area (Å²) in [6.07, 6.45) is 1.14. The van der Waals surface area contributed by atoms with E-state index in [0.717, 1.165) is 16.4 Å². The Morgan fingerprint density at radius 2 is 1.87 bits per heavy atom. The molecule has 0 N–H and O–H groups in total. The van der Waals surface area contributed by atoms with Crippen molar-refractivity contribution in [2.75, 3.05) is 19.9 Å². The number of sulfonamides is 1. The number of benzene rings is 2. The molecule has 3 aromatic rings. The molecule has 31 heavy (non-hydrogen) atoms. The first-order chi connectivity index (χ1) is 14.9. The second kappa shape index (κ2) is 7.57. The summed E-state index contributed by atoms with van der Waals surface area (Å²) in [7, 11) is -4.21. The monoisotopic (exact) mass is 449 g/mol. The van der Waals surface area contributed by atoms with Crippen LogP contribution in [0.2, 0.25) is 0 Å². The maximum Gasteiger partial charge on any atom is 0.247 e. The third-order valence-corrected chi connectivity index (χ3v) is 7.18. The fourth-order valence-electron chi connectivity index (χ4n) is 3.72. The molecule has 3 heterocycles. The number of fused-ring (bicyclic) bond motifs is 1. The van der Waals surface area contributed by atoms with E-state index in [1.54, 1.807) is 18.2 Å². The Balaban J connectivity index is 1.38. The Morgan fingerprint density at radius 3 is 2.74 bits per heavy atom. The molecule has 162 valence electrons. The minimum atomic E-state index is -4.21. The maximum absolute atomic E-state index is 14.1. The van der Waals surface area contributed by atoms with Crippen LogP contribution in [-0.2, 0) is 10.0 Å². The van der Waals surface area contributed by atoms with Gasteiger partial charge in [-0.1, -0.05) is 0 Å². The van der Waals surface area contributed by atoms with Gasteiger partial charge in [0.15, 0.2) is 11.5 Å². The van der Waals surface area contributed by atoms with Gasteiger partial charge in [-0.25, -0.2) is 17.2 Å². The Bertz CT molecular complexity index is 1250. The average Bonchev–Trinajstić information content (AvgIpc) is 3.44. The molecule has 0 amide bonds. The SMILES string of the molecule is O=S(=O)(c1cc(F)ccc1F)N1CCCC(c2nnc(-c3ccc4c(c3)OCO4)o2)C1. The van der Waals surface area contributed by atoms with E-state index in [4.69, 9.17) is 13.9 Å². The normalized spacial score (nSPS) is 19.0. The van der Waals surface area contributed by atoms with Crippen LogP contribution in [0.25, 0.3) is 11.5 Å². The molecule has 0 aliphatic carbocycles. The van der Waals surface area contributed by atoms with Crippen LogP contribution < -0.4 is 9.47 Å². The van der Waals surface area contributed by atoms with Gasteiger partial charge in [0.25, 0.3) is 0 Å². The molecule has 2 aliphatic rings. The van der Waals surface area contributed by atoms with Crippen molar-refractivity contribution in [1.29, 1.82) is 0 Å². The lowest BCUT2D eigenvalue weighted by Gasteiger charge is -2.30. The molecular formula is C20H17F2N3O5S. The molecule has 2 aromatic carbocycles. The highest BCUT2D eigenvalue weighted by Crippen LogP contribution is 2.37. The number of nitrogens with zero attached hydrogens (tertiary/aromatic N) is 3. The van der Waals surface area contributed by atoms with Gasteiger partial charge in [0.2, 0.25) is 28.6 Å². The van der Waals surface area contributed by atoms with Crippen molar-refractivity contribution in [2.45, 2.75) is 23.7 Å². The summed E-state index contributed by atoms with van der Waals surface area (Å²) < 4.78 is 71.0. The highest BCUT2D eigenvalue weighted by atomic mass is 32.2. The smallest absolute Gasteiger partial charge is 0.247 e. The number of piperidine rings is 1. The summed E-state index contributed by atoms with van der Waals surface area (Å²) in [5.74, 6) is -0.428. The molecule has 5 rings (SSSR count). The van der Waals surface area contributed by atoms with Crippen molar-refractivity contribution in [3.8, 4) is 23.0 Å². The van der Waals surface area contributed by atoms with Gasteiger partial charge < -0.3 is 13.9 Å². The standard InChI is InChI=1S/C20H17F2N3O5S/c21-14-4-5-15(22)18(9-14)31(26,27)25-7-1-2-13(10-25)20-24-23-19(30-20)12-3-6-16-17(8-12)29-11-28-16/h3-6,8-9,13H,1-2,7,10-11H2. The zero-order valence-electron chi connectivity index (χ0n) is 16.1. The van der Waals surface area contributed by atoms with Crippen molar-refractivity contribution >= 4 is 10.0 Å². The molecule has 2 aliphatic heterocycles. The zero-order chi connectivity index (χ0) is 21.6. The summed E-state index contributed by atoms with van der Waals surface area (Å²) in [6.45, 7) is 0.366. The van der Waals surface area contributed by atoms with Crippen LogP contribution in [0.5, 0.6) is 11.5 Å². The van der Waals surface area contributed by atoms with Crippen LogP contribution in [-0.4, -0.2) is 42.8 Å². The summed E-state index contributed by atoms with van der Waals surface area (Å²) in [4.78, 5) is -0.681. The van der Waals surface area contributed by atoms with Crippen molar-refractivity contribution in [1.82, 2.24) is 14.5 Å². The lowest BCUT2D eigenvalue weighted by Crippen LogP contribution is -2.39. The van der Waals surface area contributed by atoms with E-state index in [1.165, 1.54) is 0 Å². The zero-order valence-corrected chi connectivity index (χ0v) is 16.9. The molecule has 0 saturated carbocycles. The van der Waals surface area contributed by atoms with Crippen LogP contribution in [0.1, 0.15) is 24.7 Å². The summed E-state index contributed by atoms with van der Waals surface area (Å²) >= 11 is 0. The van der Waals surface area contributed by atoms with Crippen LogP contribution in [0, 0.1) is 11.6 Å². The molecule has 1 unspecified atom stereocenters. The largest absolute Gasteiger partial charge is 0.454 e. The number of aromatic nitrogens is 2. The van der Waals surface area contributed by atoms with Crippen LogP contribution in [0.15, 0.2) is 45.7 Å². The minimum absolute atomic E-state index is 0.0288. The van der Waals surface area contributed by atoms with E-state index in [9.17, 15) is 17.2 Å². The number of rotatable bonds is 4. The van der Waals surface area contributed by atoms with E-state index in [-0.39, 0.29) is 37.6 Å². The molecule has 1 fully saturated rings. The van der Waals surface area contributed by atoms with E-state index >= 15 is 0 Å². The Labute approximate surface area is 176 Å². The lowest BCUT2D eigenvalue weighted by atomic mass is 10.00. The maximum atomic E-state index is 14.1. The van der Waals surface area contributed by atoms with Crippen LogP contribution in [0.4, 0.5) is 8.78 Å². The Kier molecular flexibility index (Phi) is 4.86. The van der Waals surface area contributed by atoms with Gasteiger partial charge in [-0.15, -0.1) is 10.2 Å². The van der Waals surface area contributed by atoms with Gasteiger partial charge in [-0.05, 0) is 49.2 Å². The molecule has 1 saturated heterocycles. The van der Waals surface area contributed by atoms with Crippen molar-refractivity contribution in [3.05, 3.63) is 53.9 Å². The Morgan fingerprint density at radius 1 is 1.03 bits per heavy atom. The number of hydrogen-bond acceptors (Lipinski definition) is 7. The average molecular weight is 449 g/mol.